The number of phenols is 1. The van der Waals surface area contributed by atoms with Gasteiger partial charge in [-0.25, -0.2) is 4.79 Å². The summed E-state index contributed by atoms with van der Waals surface area (Å²) in [6.07, 6.45) is -1.38. The Kier molecular flexibility index (Phi) is 27.3. The molecule has 92 heavy (non-hydrogen) atoms. The van der Waals surface area contributed by atoms with Crippen LogP contribution in [0.5, 0.6) is 5.75 Å². The summed E-state index contributed by atoms with van der Waals surface area (Å²) in [5.74, 6) is -8.40. The summed E-state index contributed by atoms with van der Waals surface area (Å²) < 4.78 is 5.33. The first-order valence-corrected chi connectivity index (χ1v) is 30.4. The van der Waals surface area contributed by atoms with Crippen molar-refractivity contribution >= 4 is 76.1 Å². The summed E-state index contributed by atoms with van der Waals surface area (Å²) in [4.78, 5) is 149. The molecule has 1 aliphatic heterocycles. The highest BCUT2D eigenvalue weighted by atomic mass is 16.5. The van der Waals surface area contributed by atoms with Gasteiger partial charge < -0.3 is 89.7 Å². The van der Waals surface area contributed by atoms with Crippen molar-refractivity contribution in [2.24, 2.45) is 28.1 Å². The fourth-order valence-corrected chi connectivity index (χ4v) is 10.5. The van der Waals surface area contributed by atoms with Crippen molar-refractivity contribution in [3.05, 3.63) is 138 Å². The van der Waals surface area contributed by atoms with Gasteiger partial charge in [0, 0.05) is 56.0 Å². The monoisotopic (exact) mass is 1270 g/mol. The van der Waals surface area contributed by atoms with Gasteiger partial charge in [0.1, 0.15) is 66.8 Å². The summed E-state index contributed by atoms with van der Waals surface area (Å²) >= 11 is 0. The van der Waals surface area contributed by atoms with Gasteiger partial charge in [0.05, 0.1) is 6.61 Å². The zero-order valence-electron chi connectivity index (χ0n) is 51.6. The smallest absolute Gasteiger partial charge is 0.408 e. The Morgan fingerprint density at radius 2 is 1.25 bits per heavy atom. The standard InChI is InChI=1S/C64H84N14O14/c1-4-68-60(88)51-22-14-30-78(51)62(90)46(21-13-29-69-63(66)67)71-56(84)47(31-37(2)3)74-61(89)53(54(82)40-17-9-6-10-18-40)77-58(86)48(32-38-23-25-42(80)26-24-38)72-59(87)50(35-79)75-57(85)49(33-41-34-70-44-20-12-11-19-43(41)44)73-55(83)45(27-28-52(65)81)76-64(91)92-36-39-15-7-5-8-16-39/h5-12,15-20,23-26,34,37,45-51,53-54,70,79-80,82H,4,13-14,21-22,27-33,35-36H2,1-3H3,(H2,65,81)(H,68,88)(H,71,84)(H,72,87)(H,73,83)(H,74,89)(H,75,85)(H,76,91)(H,77,86)(H4,66,67,69)/t45-,46-,47-,48-,49-,50-,51-,53+,54-/m0/s1. The maximum atomic E-state index is 14.9. The SMILES string of the molecule is CCNC(=O)[C@@H]1CCCN1C(=O)[C@H](CCCN=C(N)N)NC(=O)[C@H](CC(C)C)NC(=O)[C@H](NC(=O)[C@H](Cc1ccc(O)cc1)NC(=O)[C@H](CO)NC(=O)[C@H](Cc1c[nH]c2ccccc12)NC(=O)[C@H](CCC(N)=O)NC(=O)OCc1ccccc1)[C@@H](O)c1ccccc1. The van der Waals surface area contributed by atoms with E-state index in [4.69, 9.17) is 21.9 Å². The van der Waals surface area contributed by atoms with Crippen LogP contribution in [0.25, 0.3) is 10.9 Å². The number of alkyl carbamates (subject to hydrolysis) is 1. The number of carbonyl (C=O) groups excluding carboxylic acids is 10. The van der Waals surface area contributed by atoms with Crippen LogP contribution in [0, 0.1) is 5.92 Å². The number of likely N-dealkylation sites (N-methyl/N-ethyl adjacent to an activating group) is 1. The normalized spacial score (nSPS) is 15.4. The molecule has 0 unspecified atom stereocenters. The van der Waals surface area contributed by atoms with E-state index in [1.54, 1.807) is 99.8 Å². The molecule has 6 rings (SSSR count). The van der Waals surface area contributed by atoms with E-state index in [-0.39, 0.29) is 93.7 Å². The third-order valence-electron chi connectivity index (χ3n) is 15.2. The van der Waals surface area contributed by atoms with Gasteiger partial charge in [0.2, 0.25) is 53.2 Å². The van der Waals surface area contributed by atoms with Crippen LogP contribution in [-0.2, 0) is 67.3 Å². The summed E-state index contributed by atoms with van der Waals surface area (Å²) in [5.41, 5.74) is 18.9. The molecule has 28 nitrogen and oxygen atoms in total. The van der Waals surface area contributed by atoms with Gasteiger partial charge >= 0.3 is 6.09 Å². The number of aromatic hydroxyl groups is 1. The summed E-state index contributed by atoms with van der Waals surface area (Å²) in [5, 5.41) is 54.5. The van der Waals surface area contributed by atoms with E-state index in [1.807, 2.05) is 0 Å². The van der Waals surface area contributed by atoms with E-state index in [9.17, 15) is 63.3 Å². The Balaban J connectivity index is 1.27. The third kappa shape index (κ3) is 21.6. The number of aliphatic imine (C=N–C) groups is 1. The number of para-hydroxylation sites is 1. The van der Waals surface area contributed by atoms with Gasteiger partial charge in [-0.2, -0.15) is 0 Å². The molecule has 10 amide bonds. The van der Waals surface area contributed by atoms with Gasteiger partial charge in [0.25, 0.3) is 0 Å². The Morgan fingerprint density at radius 1 is 0.663 bits per heavy atom. The molecular formula is C64H84N14O14. The molecule has 0 spiro atoms. The molecule has 0 radical (unpaired) electrons. The molecule has 1 aromatic heterocycles. The Morgan fingerprint density at radius 3 is 1.90 bits per heavy atom. The Bertz CT molecular complexity index is 3350. The fourth-order valence-electron chi connectivity index (χ4n) is 10.5. The lowest BCUT2D eigenvalue weighted by atomic mass is 9.98. The minimum atomic E-state index is -1.92. The number of carbonyl (C=O) groups is 10. The quantitative estimate of drug-likeness (QED) is 0.0147. The Labute approximate surface area is 532 Å². The van der Waals surface area contributed by atoms with Crippen LogP contribution in [0.4, 0.5) is 4.79 Å². The molecule has 28 heteroatoms. The highest BCUT2D eigenvalue weighted by molar-refractivity contribution is 5.99. The number of guanidine groups is 1. The second-order valence-electron chi connectivity index (χ2n) is 22.7. The van der Waals surface area contributed by atoms with Crippen molar-refractivity contribution < 1.29 is 68.0 Å². The van der Waals surface area contributed by atoms with E-state index in [0.717, 1.165) is 0 Å². The van der Waals surface area contributed by atoms with Gasteiger partial charge in [-0.05, 0) is 91.8 Å². The molecule has 494 valence electrons. The second-order valence-corrected chi connectivity index (χ2v) is 22.7. The van der Waals surface area contributed by atoms with Crippen LogP contribution >= 0.6 is 0 Å². The lowest BCUT2D eigenvalue weighted by molar-refractivity contribution is -0.142. The van der Waals surface area contributed by atoms with E-state index in [2.05, 4.69) is 52.5 Å². The van der Waals surface area contributed by atoms with E-state index in [1.165, 1.54) is 41.3 Å². The van der Waals surface area contributed by atoms with Gasteiger partial charge in [-0.3, -0.25) is 48.1 Å². The van der Waals surface area contributed by atoms with Crippen molar-refractivity contribution in [1.82, 2.24) is 52.4 Å². The lowest BCUT2D eigenvalue weighted by Crippen LogP contribution is -2.62. The third-order valence-corrected chi connectivity index (χ3v) is 15.2. The topological polar surface area (TPSA) is 446 Å². The highest BCUT2D eigenvalue weighted by Gasteiger charge is 2.40. The van der Waals surface area contributed by atoms with Gasteiger partial charge in [-0.15, -0.1) is 0 Å². The number of H-pyrrole nitrogens is 1. The van der Waals surface area contributed by atoms with Crippen molar-refractivity contribution in [2.45, 2.75) is 140 Å². The van der Waals surface area contributed by atoms with Crippen LogP contribution in [0.15, 0.2) is 120 Å². The van der Waals surface area contributed by atoms with Crippen LogP contribution in [-0.4, -0.2) is 165 Å². The van der Waals surface area contributed by atoms with Gasteiger partial charge in [0.15, 0.2) is 5.96 Å². The van der Waals surface area contributed by atoms with Crippen LogP contribution in [0.2, 0.25) is 0 Å². The average molecular weight is 1270 g/mol. The number of phenolic OH excluding ortho intramolecular Hbond substituents is 1. The predicted molar refractivity (Wildman–Crippen MR) is 339 cm³/mol. The number of hydrogen-bond acceptors (Lipinski definition) is 15. The number of aliphatic hydroxyl groups excluding tert-OH is 2. The molecular weight excluding hydrogens is 1190 g/mol. The first-order valence-electron chi connectivity index (χ1n) is 30.4. The number of fused-ring (bicyclic) bond motifs is 1. The average Bonchev–Trinajstić information content (AvgIpc) is 1.53. The number of aromatic nitrogens is 1. The molecule has 1 fully saturated rings. The number of rotatable bonds is 34. The molecule has 5 aromatic rings. The van der Waals surface area contributed by atoms with Gasteiger partial charge in [-0.1, -0.05) is 105 Å². The summed E-state index contributed by atoms with van der Waals surface area (Å²) in [7, 11) is 0. The molecule has 1 aliphatic rings. The van der Waals surface area contributed by atoms with E-state index >= 15 is 0 Å². The minimum Gasteiger partial charge on any atom is -0.508 e. The first-order chi connectivity index (χ1) is 44.0. The molecule has 1 saturated heterocycles. The first kappa shape index (κ1) is 71.0. The summed E-state index contributed by atoms with van der Waals surface area (Å²) in [6, 6.07) is 17.1. The number of hydrogen-bond donors (Lipinski definition) is 15. The maximum Gasteiger partial charge on any atom is 0.408 e. The number of nitrogens with one attached hydrogen (secondary N) is 9. The number of aliphatic hydroxyl groups is 2. The van der Waals surface area contributed by atoms with Crippen molar-refractivity contribution in [2.75, 3.05) is 26.2 Å². The van der Waals surface area contributed by atoms with Crippen LogP contribution < -0.4 is 59.7 Å². The van der Waals surface area contributed by atoms with E-state index < -0.39 is 114 Å². The molecule has 0 saturated carbocycles. The zero-order chi connectivity index (χ0) is 66.9. The second kappa shape index (κ2) is 35.3. The highest BCUT2D eigenvalue weighted by Crippen LogP contribution is 2.23. The predicted octanol–water partition coefficient (Wildman–Crippen LogP) is 0.0807. The molecule has 2 heterocycles. The zero-order valence-corrected chi connectivity index (χ0v) is 51.6. The molecule has 0 aliphatic carbocycles. The van der Waals surface area contributed by atoms with Crippen LogP contribution in [0.1, 0.15) is 94.1 Å². The molecule has 9 atom stereocenters. The largest absolute Gasteiger partial charge is 0.508 e. The number of benzene rings is 4. The minimum absolute atomic E-state index is 0.0173. The number of nitrogens with two attached hydrogens (primary N) is 3. The molecule has 4 aromatic carbocycles. The van der Waals surface area contributed by atoms with E-state index in [0.29, 0.717) is 47.0 Å². The summed E-state index contributed by atoms with van der Waals surface area (Å²) in [6.45, 7) is 4.71. The van der Waals surface area contributed by atoms with Crippen molar-refractivity contribution in [1.29, 1.82) is 0 Å². The number of ether oxygens (including phenoxy) is 1. The number of primary amides is 1. The lowest BCUT2D eigenvalue weighted by Gasteiger charge is -2.31. The van der Waals surface area contributed by atoms with Crippen molar-refractivity contribution in [3.8, 4) is 5.75 Å². The molecule has 0 bridgehead atoms. The molecule has 18 N–H and O–H groups in total. The number of aromatic amines is 1. The number of nitrogens with zero attached hydrogens (tertiary/aromatic N) is 2. The van der Waals surface area contributed by atoms with Crippen LogP contribution in [0.3, 0.4) is 0 Å². The Hall–Kier alpha value is -10.1. The fraction of sp³-hybridized carbons (Fsp3) is 0.422. The maximum absolute atomic E-state index is 14.9. The number of likely N-dealkylation sites (tertiary alicyclic amines) is 1. The number of amides is 10. The van der Waals surface area contributed by atoms with Crippen molar-refractivity contribution in [3.63, 3.8) is 0 Å².